The Hall–Kier alpha value is -3.87. The summed E-state index contributed by atoms with van der Waals surface area (Å²) >= 11 is 0. The Morgan fingerprint density at radius 2 is 1.82 bits per heavy atom. The highest BCUT2D eigenvalue weighted by molar-refractivity contribution is 5.96. The van der Waals surface area contributed by atoms with Crippen LogP contribution in [0.25, 0.3) is 0 Å². The van der Waals surface area contributed by atoms with E-state index in [-0.39, 0.29) is 18.2 Å². The molecule has 168 valence electrons. The van der Waals surface area contributed by atoms with E-state index in [1.165, 1.54) is 18.3 Å². The van der Waals surface area contributed by atoms with Gasteiger partial charge in [0, 0.05) is 18.8 Å². The van der Waals surface area contributed by atoms with Crippen molar-refractivity contribution in [2.45, 2.75) is 25.3 Å². The van der Waals surface area contributed by atoms with Crippen molar-refractivity contribution in [2.75, 3.05) is 18.2 Å². The Morgan fingerprint density at radius 1 is 1.03 bits per heavy atom. The third-order valence-electron chi connectivity index (χ3n) is 6.63. The molecule has 2 bridgehead atoms. The van der Waals surface area contributed by atoms with Gasteiger partial charge >= 0.3 is 0 Å². The summed E-state index contributed by atoms with van der Waals surface area (Å²) in [5.41, 5.74) is 1.16. The van der Waals surface area contributed by atoms with Crippen molar-refractivity contribution in [1.29, 1.82) is 0 Å². The predicted octanol–water partition coefficient (Wildman–Crippen LogP) is 3.51. The Morgan fingerprint density at radius 3 is 2.61 bits per heavy atom. The maximum absolute atomic E-state index is 14.3. The predicted molar refractivity (Wildman–Crippen MR) is 123 cm³/mol. The Labute approximate surface area is 190 Å². The van der Waals surface area contributed by atoms with Crippen LogP contribution < -0.4 is 10.4 Å². The minimum absolute atomic E-state index is 0.0767. The number of benzene rings is 2. The number of rotatable bonds is 1. The van der Waals surface area contributed by atoms with Gasteiger partial charge in [0.25, 0.3) is 5.91 Å². The van der Waals surface area contributed by atoms with Crippen molar-refractivity contribution in [3.63, 3.8) is 0 Å². The highest BCUT2D eigenvalue weighted by Crippen LogP contribution is 2.40. The van der Waals surface area contributed by atoms with E-state index in [1.807, 2.05) is 54.4 Å². The molecule has 2 aliphatic rings. The summed E-state index contributed by atoms with van der Waals surface area (Å²) < 4.78 is 15.9. The Bertz CT molecular complexity index is 1320. The van der Waals surface area contributed by atoms with Crippen molar-refractivity contribution in [1.82, 2.24) is 9.58 Å². The number of aromatic nitrogens is 1. The number of nitrogens with zero attached hydrogens (tertiary/aromatic N) is 3. The lowest BCUT2D eigenvalue weighted by Gasteiger charge is -2.50. The van der Waals surface area contributed by atoms with Gasteiger partial charge in [-0.3, -0.25) is 19.3 Å². The molecule has 1 atom stereocenters. The third-order valence-corrected chi connectivity index (χ3v) is 6.63. The number of aromatic hydroxyl groups is 1. The number of halogens is 1. The summed E-state index contributed by atoms with van der Waals surface area (Å²) in [7, 11) is 0. The van der Waals surface area contributed by atoms with E-state index >= 15 is 0 Å². The van der Waals surface area contributed by atoms with E-state index in [0.717, 1.165) is 16.7 Å². The molecule has 2 aromatic carbocycles. The van der Waals surface area contributed by atoms with E-state index in [1.54, 1.807) is 21.7 Å². The number of hydrogen-bond donors (Lipinski definition) is 1. The molecule has 3 heterocycles. The van der Waals surface area contributed by atoms with E-state index in [9.17, 15) is 19.1 Å². The van der Waals surface area contributed by atoms with Crippen molar-refractivity contribution in [3.8, 4) is 5.75 Å². The molecule has 6 nitrogen and oxygen atoms in total. The molecule has 0 aliphatic carbocycles. The summed E-state index contributed by atoms with van der Waals surface area (Å²) in [6, 6.07) is 15.9. The molecule has 2 aliphatic heterocycles. The summed E-state index contributed by atoms with van der Waals surface area (Å²) in [4.78, 5) is 27.1. The van der Waals surface area contributed by atoms with Gasteiger partial charge in [-0.1, -0.05) is 48.6 Å². The van der Waals surface area contributed by atoms with Crippen molar-refractivity contribution < 1.29 is 14.3 Å². The second-order valence-electron chi connectivity index (χ2n) is 8.54. The average Bonchev–Trinajstić information content (AvgIpc) is 2.84. The topological polar surface area (TPSA) is 65.8 Å². The molecule has 0 spiro atoms. The average molecular weight is 445 g/mol. The fraction of sp³-hybridized carbons (Fsp3) is 0.231. The molecular weight excluding hydrogens is 421 g/mol. The molecule has 7 heteroatoms. The van der Waals surface area contributed by atoms with Gasteiger partial charge in [-0.15, -0.1) is 0 Å². The normalized spacial score (nSPS) is 21.1. The number of allylic oxidation sites excluding steroid dienone is 1. The molecule has 0 fully saturated rings. The van der Waals surface area contributed by atoms with E-state index in [2.05, 4.69) is 0 Å². The maximum atomic E-state index is 14.3. The van der Waals surface area contributed by atoms with Gasteiger partial charge in [0.1, 0.15) is 18.0 Å². The summed E-state index contributed by atoms with van der Waals surface area (Å²) in [6.45, 7) is 2.56. The molecule has 5 rings (SSSR count). The zero-order valence-corrected chi connectivity index (χ0v) is 18.2. The molecule has 0 radical (unpaired) electrons. The minimum atomic E-state index is -0.843. The molecule has 0 unspecified atom stereocenters. The van der Waals surface area contributed by atoms with Gasteiger partial charge in [-0.25, -0.2) is 4.39 Å². The first-order valence-corrected chi connectivity index (χ1v) is 10.9. The zero-order valence-electron chi connectivity index (χ0n) is 18.2. The molecule has 0 saturated carbocycles. The third kappa shape index (κ3) is 3.31. The Kier molecular flexibility index (Phi) is 5.04. The van der Waals surface area contributed by atoms with E-state index in [4.69, 9.17) is 0 Å². The number of aryl methyl sites for hydroxylation is 1. The number of carbonyl (C=O) groups is 1. The molecule has 33 heavy (non-hydrogen) atoms. The quantitative estimate of drug-likeness (QED) is 0.583. The highest BCUT2D eigenvalue weighted by atomic mass is 19.1. The Balaban J connectivity index is 1.86. The van der Waals surface area contributed by atoms with Crippen LogP contribution in [0.4, 0.5) is 4.39 Å². The van der Waals surface area contributed by atoms with Crippen molar-refractivity contribution in [2.24, 2.45) is 0 Å². The second-order valence-corrected chi connectivity index (χ2v) is 8.54. The first-order valence-electron chi connectivity index (χ1n) is 10.9. The van der Waals surface area contributed by atoms with Crippen LogP contribution in [0.15, 0.2) is 77.7 Å². The van der Waals surface area contributed by atoms with Gasteiger partial charge in [-0.05, 0) is 48.6 Å². The maximum Gasteiger partial charge on any atom is 0.278 e. The van der Waals surface area contributed by atoms with Crippen LogP contribution >= 0.6 is 0 Å². The van der Waals surface area contributed by atoms with Gasteiger partial charge in [-0.2, -0.15) is 0 Å². The van der Waals surface area contributed by atoms with Crippen LogP contribution in [-0.4, -0.2) is 33.8 Å². The monoisotopic (exact) mass is 445 g/mol. The highest BCUT2D eigenvalue weighted by Gasteiger charge is 2.44. The van der Waals surface area contributed by atoms with Crippen molar-refractivity contribution >= 4 is 5.91 Å². The van der Waals surface area contributed by atoms with E-state index < -0.39 is 22.6 Å². The SMILES string of the molecule is C[C@@]1(c2ccccc2)c2ccc(F)cc2CC/C=C\CN2CN1n1ccc(=O)c(O)c1C2=O. The van der Waals surface area contributed by atoms with E-state index in [0.29, 0.717) is 19.4 Å². The van der Waals surface area contributed by atoms with Crippen LogP contribution in [0.2, 0.25) is 0 Å². The molecule has 1 aromatic heterocycles. The van der Waals surface area contributed by atoms with Crippen LogP contribution in [0.3, 0.4) is 0 Å². The summed E-state index contributed by atoms with van der Waals surface area (Å²) in [6.07, 6.45) is 6.72. The number of carbonyl (C=O) groups excluding carboxylic acids is 1. The van der Waals surface area contributed by atoms with Crippen LogP contribution in [0, 0.1) is 5.82 Å². The first kappa shape index (κ1) is 21.0. The van der Waals surface area contributed by atoms with Crippen LogP contribution in [0.5, 0.6) is 5.75 Å². The number of pyridine rings is 1. The smallest absolute Gasteiger partial charge is 0.278 e. The minimum Gasteiger partial charge on any atom is -0.502 e. The standard InChI is InChI=1S/C26H24FN3O3/c1-26(19-9-5-2-6-10-19)21-12-11-20(27)16-18(21)8-4-3-7-14-28-17-30(26)29-15-13-22(31)24(32)23(29)25(28)33/h2-3,5-7,9-13,15-16,32H,4,8,14,17H2,1H3/b7-3-/t26-/m1/s1. The van der Waals surface area contributed by atoms with Gasteiger partial charge in [0.05, 0.1) is 0 Å². The lowest BCUT2D eigenvalue weighted by Crippen LogP contribution is -2.61. The summed E-state index contributed by atoms with van der Waals surface area (Å²) in [5, 5.41) is 12.6. The zero-order chi connectivity index (χ0) is 23.2. The van der Waals surface area contributed by atoms with Gasteiger partial charge in [0.2, 0.25) is 5.43 Å². The lowest BCUT2D eigenvalue weighted by molar-refractivity contribution is 0.0685. The fourth-order valence-corrected chi connectivity index (χ4v) is 4.87. The molecule has 1 N–H and O–H groups in total. The lowest BCUT2D eigenvalue weighted by atomic mass is 9.80. The number of amides is 1. The van der Waals surface area contributed by atoms with Crippen LogP contribution in [0.1, 0.15) is 40.5 Å². The molecular formula is C26H24FN3O3. The van der Waals surface area contributed by atoms with Gasteiger partial charge in [0.15, 0.2) is 11.4 Å². The largest absolute Gasteiger partial charge is 0.502 e. The second kappa shape index (κ2) is 7.92. The first-order chi connectivity index (χ1) is 15.9. The van der Waals surface area contributed by atoms with Crippen LogP contribution in [-0.2, 0) is 12.0 Å². The number of fused-ring (bicyclic) bond motifs is 5. The molecule has 1 amide bonds. The van der Waals surface area contributed by atoms with Gasteiger partial charge < -0.3 is 10.0 Å². The van der Waals surface area contributed by atoms with Crippen molar-refractivity contribution in [3.05, 3.63) is 111 Å². The number of hydrogen-bond acceptors (Lipinski definition) is 4. The summed E-state index contributed by atoms with van der Waals surface area (Å²) in [5.74, 6) is -1.30. The fourth-order valence-electron chi connectivity index (χ4n) is 4.87. The molecule has 0 saturated heterocycles. The molecule has 3 aromatic rings.